The third-order valence-corrected chi connectivity index (χ3v) is 4.68. The lowest BCUT2D eigenvalue weighted by atomic mass is 10.2. The monoisotopic (exact) mass is 426 g/mol. The van der Waals surface area contributed by atoms with E-state index in [4.69, 9.17) is 13.7 Å². The van der Waals surface area contributed by atoms with Gasteiger partial charge in [-0.05, 0) is 0 Å². The molecule has 1 aromatic heterocycles. The molecule has 1 aliphatic rings. The number of halogens is 1. The van der Waals surface area contributed by atoms with Gasteiger partial charge < -0.3 is 9.47 Å². The Kier molecular flexibility index (Phi) is 5.63. The van der Waals surface area contributed by atoms with Gasteiger partial charge in [-0.15, -0.1) is 0 Å². The van der Waals surface area contributed by atoms with Crippen LogP contribution in [0.1, 0.15) is 13.2 Å². The standard InChI is InChI=1S/C12H15BrN2O8S/c1-6(16)22-10-7(5-21-24(2,19)20)23-11(9(10)13)15-4-3-8(17)14-12(15)18/h3-4,7,9-11H,5H2,1-2H3,(H,14,17,18)/t7-,9-,10-,11-/m1/s1. The van der Waals surface area contributed by atoms with Crippen molar-refractivity contribution in [3.8, 4) is 0 Å². The van der Waals surface area contributed by atoms with Gasteiger partial charge in [0.2, 0.25) is 0 Å². The first-order valence-corrected chi connectivity index (χ1v) is 9.44. The molecule has 0 saturated carbocycles. The minimum absolute atomic E-state index is 0.395. The third-order valence-electron chi connectivity index (χ3n) is 3.14. The first-order chi connectivity index (χ1) is 11.1. The van der Waals surface area contributed by atoms with E-state index in [1.807, 2.05) is 0 Å². The van der Waals surface area contributed by atoms with Crippen molar-refractivity contribution in [2.45, 2.75) is 30.2 Å². The highest BCUT2D eigenvalue weighted by atomic mass is 79.9. The molecule has 1 aromatic rings. The van der Waals surface area contributed by atoms with Crippen LogP contribution < -0.4 is 11.2 Å². The summed E-state index contributed by atoms with van der Waals surface area (Å²) in [4.78, 5) is 35.7. The van der Waals surface area contributed by atoms with E-state index in [1.165, 1.54) is 13.1 Å². The average molecular weight is 427 g/mol. The van der Waals surface area contributed by atoms with Gasteiger partial charge in [-0.3, -0.25) is 23.3 Å². The molecule has 0 radical (unpaired) electrons. The molecule has 24 heavy (non-hydrogen) atoms. The fourth-order valence-electron chi connectivity index (χ4n) is 2.20. The SMILES string of the molecule is CC(=O)O[C@H]1[C@@H](Br)[C@H](n2ccc(=O)[nH]c2=O)O[C@@H]1COS(C)(=O)=O. The number of rotatable bonds is 5. The Morgan fingerprint density at radius 3 is 2.67 bits per heavy atom. The average Bonchev–Trinajstić information content (AvgIpc) is 2.73. The highest BCUT2D eigenvalue weighted by molar-refractivity contribution is 9.09. The molecule has 1 saturated heterocycles. The first kappa shape index (κ1) is 18.8. The van der Waals surface area contributed by atoms with Crippen molar-refractivity contribution in [2.75, 3.05) is 12.9 Å². The number of hydrogen-bond donors (Lipinski definition) is 1. The second kappa shape index (κ2) is 7.17. The maximum Gasteiger partial charge on any atom is 0.330 e. The van der Waals surface area contributed by atoms with Crippen LogP contribution in [0.4, 0.5) is 0 Å². The van der Waals surface area contributed by atoms with E-state index >= 15 is 0 Å². The maximum atomic E-state index is 11.9. The molecule has 0 aromatic carbocycles. The Labute approximate surface area is 145 Å². The quantitative estimate of drug-likeness (QED) is 0.363. The summed E-state index contributed by atoms with van der Waals surface area (Å²) in [5.41, 5.74) is -1.29. The lowest BCUT2D eigenvalue weighted by Crippen LogP contribution is -2.37. The van der Waals surface area contributed by atoms with Gasteiger partial charge in [0, 0.05) is 19.2 Å². The van der Waals surface area contributed by atoms with Gasteiger partial charge in [-0.2, -0.15) is 8.42 Å². The van der Waals surface area contributed by atoms with Crippen LogP contribution in [0.2, 0.25) is 0 Å². The van der Waals surface area contributed by atoms with Gasteiger partial charge in [0.15, 0.2) is 6.23 Å². The lowest BCUT2D eigenvalue weighted by molar-refractivity contribution is -0.149. The fraction of sp³-hybridized carbons (Fsp3) is 0.583. The van der Waals surface area contributed by atoms with E-state index in [1.54, 1.807) is 0 Å². The predicted molar refractivity (Wildman–Crippen MR) is 84.3 cm³/mol. The van der Waals surface area contributed by atoms with Crippen LogP contribution >= 0.6 is 15.9 Å². The van der Waals surface area contributed by atoms with Crippen molar-refractivity contribution in [3.63, 3.8) is 0 Å². The molecule has 10 nitrogen and oxygen atoms in total. The number of nitrogens with zero attached hydrogens (tertiary/aromatic N) is 1. The first-order valence-electron chi connectivity index (χ1n) is 6.71. The van der Waals surface area contributed by atoms with E-state index in [9.17, 15) is 22.8 Å². The van der Waals surface area contributed by atoms with Crippen molar-refractivity contribution in [3.05, 3.63) is 33.1 Å². The third kappa shape index (κ3) is 4.53. The minimum Gasteiger partial charge on any atom is -0.458 e. The summed E-state index contributed by atoms with van der Waals surface area (Å²) in [6.07, 6.45) is -0.667. The minimum atomic E-state index is -3.73. The largest absolute Gasteiger partial charge is 0.458 e. The normalized spacial score (nSPS) is 27.1. The predicted octanol–water partition coefficient (Wildman–Crippen LogP) is -0.895. The molecule has 0 aliphatic carbocycles. The zero-order valence-electron chi connectivity index (χ0n) is 12.7. The number of carbonyl (C=O) groups excluding carboxylic acids is 1. The van der Waals surface area contributed by atoms with Gasteiger partial charge in [-0.25, -0.2) is 4.79 Å². The molecule has 0 amide bonds. The van der Waals surface area contributed by atoms with Crippen LogP contribution in [0.5, 0.6) is 0 Å². The fourth-order valence-corrected chi connectivity index (χ4v) is 3.41. The summed E-state index contributed by atoms with van der Waals surface area (Å²) >= 11 is 3.29. The number of esters is 1. The topological polar surface area (TPSA) is 134 Å². The maximum absolute atomic E-state index is 11.9. The number of ether oxygens (including phenoxy) is 2. The van der Waals surface area contributed by atoms with Crippen LogP contribution in [0.3, 0.4) is 0 Å². The molecule has 0 unspecified atom stereocenters. The summed E-state index contributed by atoms with van der Waals surface area (Å²) in [6, 6.07) is 1.13. The van der Waals surface area contributed by atoms with Crippen molar-refractivity contribution >= 4 is 32.0 Å². The lowest BCUT2D eigenvalue weighted by Gasteiger charge is -2.19. The number of aromatic amines is 1. The van der Waals surface area contributed by atoms with E-state index < -0.39 is 57.2 Å². The van der Waals surface area contributed by atoms with Crippen LogP contribution in [0, 0.1) is 0 Å². The van der Waals surface area contributed by atoms with Gasteiger partial charge >= 0.3 is 11.7 Å². The van der Waals surface area contributed by atoms with Crippen molar-refractivity contribution in [1.82, 2.24) is 9.55 Å². The molecule has 1 fully saturated rings. The second-order valence-corrected chi connectivity index (χ2v) is 7.79. The van der Waals surface area contributed by atoms with Gasteiger partial charge in [0.05, 0.1) is 17.7 Å². The van der Waals surface area contributed by atoms with Crippen LogP contribution in [0.25, 0.3) is 0 Å². The summed E-state index contributed by atoms with van der Waals surface area (Å²) in [6.45, 7) is 0.793. The molecule has 4 atom stereocenters. The zero-order chi connectivity index (χ0) is 18.1. The smallest absolute Gasteiger partial charge is 0.330 e. The number of aromatic nitrogens is 2. The van der Waals surface area contributed by atoms with E-state index in [2.05, 4.69) is 20.9 Å². The molecule has 2 rings (SSSR count). The Bertz CT molecular complexity index is 832. The number of nitrogens with one attached hydrogen (secondary N) is 1. The van der Waals surface area contributed by atoms with Crippen molar-refractivity contribution in [2.24, 2.45) is 0 Å². The molecule has 0 bridgehead atoms. The van der Waals surface area contributed by atoms with E-state index in [-0.39, 0.29) is 0 Å². The molecule has 0 spiro atoms. The van der Waals surface area contributed by atoms with Crippen molar-refractivity contribution < 1.29 is 26.9 Å². The second-order valence-electron chi connectivity index (χ2n) is 5.09. The zero-order valence-corrected chi connectivity index (χ0v) is 15.1. The highest BCUT2D eigenvalue weighted by Crippen LogP contribution is 2.36. The van der Waals surface area contributed by atoms with Crippen LogP contribution in [-0.2, 0) is 28.6 Å². The highest BCUT2D eigenvalue weighted by Gasteiger charge is 2.47. The van der Waals surface area contributed by atoms with Crippen LogP contribution in [-0.4, -0.2) is 53.8 Å². The number of alkyl halides is 1. The number of H-pyrrole nitrogens is 1. The summed E-state index contributed by atoms with van der Waals surface area (Å²) in [5.74, 6) is -0.605. The molecule has 12 heteroatoms. The molecule has 1 aliphatic heterocycles. The van der Waals surface area contributed by atoms with Gasteiger partial charge in [-0.1, -0.05) is 15.9 Å². The van der Waals surface area contributed by atoms with Gasteiger partial charge in [0.1, 0.15) is 12.2 Å². The molecule has 1 N–H and O–H groups in total. The summed E-state index contributed by atoms with van der Waals surface area (Å²) in [7, 11) is -3.73. The van der Waals surface area contributed by atoms with Crippen molar-refractivity contribution in [1.29, 1.82) is 0 Å². The Hall–Kier alpha value is -1.50. The molecule has 2 heterocycles. The van der Waals surface area contributed by atoms with E-state index in [0.29, 0.717) is 0 Å². The Morgan fingerprint density at radius 2 is 2.12 bits per heavy atom. The van der Waals surface area contributed by atoms with E-state index in [0.717, 1.165) is 16.9 Å². The molecular formula is C12H15BrN2O8S. The molecular weight excluding hydrogens is 412 g/mol. The number of carbonyl (C=O) groups is 1. The summed E-state index contributed by atoms with van der Waals surface area (Å²) in [5, 5.41) is 0. The van der Waals surface area contributed by atoms with Crippen LogP contribution in [0.15, 0.2) is 21.9 Å². The Morgan fingerprint density at radius 1 is 1.46 bits per heavy atom. The van der Waals surface area contributed by atoms with Gasteiger partial charge in [0.25, 0.3) is 15.7 Å². The summed E-state index contributed by atoms with van der Waals surface area (Å²) < 4.78 is 38.9. The Balaban J connectivity index is 2.29. The number of hydrogen-bond acceptors (Lipinski definition) is 8. The molecule has 134 valence electrons.